The molecule has 1 aliphatic carbocycles. The molecule has 0 bridgehead atoms. The molecule has 2 aromatic rings. The zero-order valence-electron chi connectivity index (χ0n) is 14.3. The van der Waals surface area contributed by atoms with Gasteiger partial charge in [-0.1, -0.05) is 42.5 Å². The first-order chi connectivity index (χ1) is 11.5. The van der Waals surface area contributed by atoms with E-state index in [-0.39, 0.29) is 29.3 Å². The number of benzene rings is 2. The normalized spacial score (nSPS) is 22.0. The minimum atomic E-state index is -0.234. The Kier molecular flexibility index (Phi) is 4.52. The summed E-state index contributed by atoms with van der Waals surface area (Å²) < 4.78 is 5.54. The molecule has 0 unspecified atom stereocenters. The predicted octanol–water partition coefficient (Wildman–Crippen LogP) is 4.11. The molecule has 0 saturated carbocycles. The lowest BCUT2D eigenvalue weighted by Crippen LogP contribution is -2.23. The summed E-state index contributed by atoms with van der Waals surface area (Å²) in [6.07, 6.45) is 0.396. The summed E-state index contributed by atoms with van der Waals surface area (Å²) in [4.78, 5) is 24.3. The third kappa shape index (κ3) is 2.75. The minimum Gasteiger partial charge on any atom is -0.496 e. The molecule has 124 valence electrons. The SMILES string of the molecule is COc1ccccc1[C@H]1c2ccccc2[C@@H](CC(C)=O)[C@@H]1C(C)=O. The Morgan fingerprint density at radius 2 is 1.50 bits per heavy atom. The van der Waals surface area contributed by atoms with Gasteiger partial charge in [0.25, 0.3) is 0 Å². The highest BCUT2D eigenvalue weighted by molar-refractivity contribution is 5.85. The number of Topliss-reactive ketones (excluding diaryl/α,β-unsaturated/α-hetero) is 2. The van der Waals surface area contributed by atoms with Crippen molar-refractivity contribution < 1.29 is 14.3 Å². The van der Waals surface area contributed by atoms with Crippen LogP contribution < -0.4 is 4.74 Å². The van der Waals surface area contributed by atoms with Crippen LogP contribution >= 0.6 is 0 Å². The number of carbonyl (C=O) groups excluding carboxylic acids is 2. The fourth-order valence-corrected chi connectivity index (χ4v) is 4.10. The Labute approximate surface area is 142 Å². The first-order valence-electron chi connectivity index (χ1n) is 8.26. The van der Waals surface area contributed by atoms with Crippen molar-refractivity contribution in [2.24, 2.45) is 5.92 Å². The molecular weight excluding hydrogens is 300 g/mol. The molecule has 0 spiro atoms. The summed E-state index contributed by atoms with van der Waals surface area (Å²) >= 11 is 0. The van der Waals surface area contributed by atoms with Crippen molar-refractivity contribution >= 4 is 11.6 Å². The molecule has 24 heavy (non-hydrogen) atoms. The minimum absolute atomic E-state index is 0.0638. The Bertz CT molecular complexity index is 778. The molecule has 2 aromatic carbocycles. The van der Waals surface area contributed by atoms with Gasteiger partial charge in [0.2, 0.25) is 0 Å². The molecule has 0 fully saturated rings. The smallest absolute Gasteiger partial charge is 0.134 e. The quantitative estimate of drug-likeness (QED) is 0.832. The van der Waals surface area contributed by atoms with Gasteiger partial charge in [0.1, 0.15) is 17.3 Å². The number of fused-ring (bicyclic) bond motifs is 1. The Morgan fingerprint density at radius 1 is 0.917 bits per heavy atom. The largest absolute Gasteiger partial charge is 0.496 e. The summed E-state index contributed by atoms with van der Waals surface area (Å²) in [6, 6.07) is 15.9. The standard InChI is InChI=1S/C21H22O3/c1-13(22)12-18-15-8-4-5-9-16(15)21(20(18)14(2)23)17-10-6-7-11-19(17)24-3/h4-11,18,20-21H,12H2,1-3H3/t18-,20+,21-/m1/s1. The summed E-state index contributed by atoms with van der Waals surface area (Å²) in [5.74, 6) is 0.648. The van der Waals surface area contributed by atoms with Crippen LogP contribution in [0.4, 0.5) is 0 Å². The van der Waals surface area contributed by atoms with Crippen LogP contribution in [0.25, 0.3) is 0 Å². The number of rotatable bonds is 5. The van der Waals surface area contributed by atoms with E-state index in [2.05, 4.69) is 6.07 Å². The summed E-state index contributed by atoms with van der Waals surface area (Å²) in [5, 5.41) is 0. The Morgan fingerprint density at radius 3 is 2.08 bits per heavy atom. The fourth-order valence-electron chi connectivity index (χ4n) is 4.10. The molecule has 0 N–H and O–H groups in total. The van der Waals surface area contributed by atoms with Crippen LogP contribution in [0.2, 0.25) is 0 Å². The highest BCUT2D eigenvalue weighted by Crippen LogP contribution is 2.53. The average molecular weight is 322 g/mol. The highest BCUT2D eigenvalue weighted by Gasteiger charge is 2.44. The maximum atomic E-state index is 12.5. The van der Waals surface area contributed by atoms with E-state index in [1.807, 2.05) is 42.5 Å². The second-order valence-corrected chi connectivity index (χ2v) is 6.50. The highest BCUT2D eigenvalue weighted by atomic mass is 16.5. The maximum Gasteiger partial charge on any atom is 0.134 e. The topological polar surface area (TPSA) is 43.4 Å². The molecule has 3 heteroatoms. The lowest BCUT2D eigenvalue weighted by atomic mass is 9.78. The van der Waals surface area contributed by atoms with E-state index < -0.39 is 0 Å². The van der Waals surface area contributed by atoms with Crippen LogP contribution in [0, 0.1) is 5.92 Å². The van der Waals surface area contributed by atoms with E-state index in [4.69, 9.17) is 4.74 Å². The molecule has 3 nitrogen and oxygen atoms in total. The Hall–Kier alpha value is -2.42. The zero-order chi connectivity index (χ0) is 17.3. The summed E-state index contributed by atoms with van der Waals surface area (Å²) in [7, 11) is 1.65. The van der Waals surface area contributed by atoms with Gasteiger partial charge in [-0.05, 0) is 31.0 Å². The van der Waals surface area contributed by atoms with Crippen LogP contribution in [0.3, 0.4) is 0 Å². The van der Waals surface area contributed by atoms with Gasteiger partial charge >= 0.3 is 0 Å². The summed E-state index contributed by atoms with van der Waals surface area (Å²) in [6.45, 7) is 3.22. The van der Waals surface area contributed by atoms with Gasteiger partial charge in [-0.15, -0.1) is 0 Å². The molecule has 0 aliphatic heterocycles. The van der Waals surface area contributed by atoms with Crippen LogP contribution in [0.1, 0.15) is 48.8 Å². The first-order valence-corrected chi connectivity index (χ1v) is 8.26. The van der Waals surface area contributed by atoms with Crippen molar-refractivity contribution in [1.82, 2.24) is 0 Å². The Balaban J connectivity index is 2.19. The van der Waals surface area contributed by atoms with Crippen molar-refractivity contribution in [2.75, 3.05) is 7.11 Å². The van der Waals surface area contributed by atoms with Crippen molar-refractivity contribution in [1.29, 1.82) is 0 Å². The second-order valence-electron chi connectivity index (χ2n) is 6.50. The van der Waals surface area contributed by atoms with Gasteiger partial charge in [0.15, 0.2) is 0 Å². The van der Waals surface area contributed by atoms with E-state index in [9.17, 15) is 9.59 Å². The number of hydrogen-bond acceptors (Lipinski definition) is 3. The van der Waals surface area contributed by atoms with Gasteiger partial charge in [-0.2, -0.15) is 0 Å². The van der Waals surface area contributed by atoms with E-state index in [1.165, 1.54) is 0 Å². The predicted molar refractivity (Wildman–Crippen MR) is 93.5 cm³/mol. The molecule has 1 aliphatic rings. The van der Waals surface area contributed by atoms with E-state index in [0.717, 1.165) is 22.4 Å². The molecule has 3 atom stereocenters. The molecule has 0 aromatic heterocycles. The molecule has 0 amide bonds. The lowest BCUT2D eigenvalue weighted by Gasteiger charge is -2.24. The zero-order valence-corrected chi connectivity index (χ0v) is 14.3. The number of hydrogen-bond donors (Lipinski definition) is 0. The molecule has 0 radical (unpaired) electrons. The molecule has 0 saturated heterocycles. The van der Waals surface area contributed by atoms with E-state index in [1.54, 1.807) is 21.0 Å². The molecule has 3 rings (SSSR count). The van der Waals surface area contributed by atoms with Gasteiger partial charge in [-0.3, -0.25) is 4.79 Å². The lowest BCUT2D eigenvalue weighted by molar-refractivity contribution is -0.122. The van der Waals surface area contributed by atoms with Gasteiger partial charge < -0.3 is 9.53 Å². The number of ketones is 2. The average Bonchev–Trinajstić information content (AvgIpc) is 2.89. The van der Waals surface area contributed by atoms with Crippen LogP contribution in [0.15, 0.2) is 48.5 Å². The number of para-hydroxylation sites is 1. The summed E-state index contributed by atoms with van der Waals surface area (Å²) in [5.41, 5.74) is 3.26. The second kappa shape index (κ2) is 6.60. The van der Waals surface area contributed by atoms with Crippen LogP contribution in [-0.2, 0) is 9.59 Å². The monoisotopic (exact) mass is 322 g/mol. The molecular formula is C21H22O3. The third-order valence-corrected chi connectivity index (χ3v) is 4.97. The first kappa shape index (κ1) is 16.4. The fraction of sp³-hybridized carbons (Fsp3) is 0.333. The van der Waals surface area contributed by atoms with Crippen molar-refractivity contribution in [3.63, 3.8) is 0 Å². The van der Waals surface area contributed by atoms with E-state index in [0.29, 0.717) is 6.42 Å². The van der Waals surface area contributed by atoms with Crippen molar-refractivity contribution in [3.8, 4) is 5.75 Å². The van der Waals surface area contributed by atoms with Gasteiger partial charge in [-0.25, -0.2) is 0 Å². The number of ether oxygens (including phenoxy) is 1. The third-order valence-electron chi connectivity index (χ3n) is 4.97. The number of carbonyl (C=O) groups is 2. The van der Waals surface area contributed by atoms with Crippen LogP contribution in [0.5, 0.6) is 5.75 Å². The van der Waals surface area contributed by atoms with Gasteiger partial charge in [0.05, 0.1) is 7.11 Å². The number of methoxy groups -OCH3 is 1. The van der Waals surface area contributed by atoms with Crippen LogP contribution in [-0.4, -0.2) is 18.7 Å². The van der Waals surface area contributed by atoms with Crippen molar-refractivity contribution in [2.45, 2.75) is 32.1 Å². The van der Waals surface area contributed by atoms with Gasteiger partial charge in [0, 0.05) is 29.7 Å². The maximum absolute atomic E-state index is 12.5. The molecule has 0 heterocycles. The van der Waals surface area contributed by atoms with Crippen molar-refractivity contribution in [3.05, 3.63) is 65.2 Å². The van der Waals surface area contributed by atoms with E-state index >= 15 is 0 Å².